The van der Waals surface area contributed by atoms with Gasteiger partial charge in [-0.15, -0.1) is 6.58 Å². The van der Waals surface area contributed by atoms with Gasteiger partial charge in [0.15, 0.2) is 0 Å². The molecule has 1 aromatic carbocycles. The molecule has 0 bridgehead atoms. The average molecular weight is 291 g/mol. The second-order valence-corrected chi connectivity index (χ2v) is 4.33. The molecule has 1 amide bonds. The third-order valence-corrected chi connectivity index (χ3v) is 2.70. The maximum Gasteiger partial charge on any atom is 0.410 e. The normalized spacial score (nSPS) is 9.76. The van der Waals surface area contributed by atoms with Gasteiger partial charge in [0.25, 0.3) is 0 Å². The predicted molar refractivity (Wildman–Crippen MR) is 79.6 cm³/mol. The summed E-state index contributed by atoms with van der Waals surface area (Å²) in [6, 6.07) is 9.42. The number of carbonyl (C=O) groups excluding carboxylic acids is 2. The van der Waals surface area contributed by atoms with E-state index in [4.69, 9.17) is 9.47 Å². The van der Waals surface area contributed by atoms with Crippen molar-refractivity contribution in [1.29, 1.82) is 0 Å². The largest absolute Gasteiger partial charge is 0.466 e. The molecule has 0 N–H and O–H groups in total. The summed E-state index contributed by atoms with van der Waals surface area (Å²) in [6.07, 6.45) is 1.26. The van der Waals surface area contributed by atoms with Gasteiger partial charge in [0.1, 0.15) is 6.61 Å². The van der Waals surface area contributed by atoms with E-state index in [-0.39, 0.29) is 25.5 Å². The maximum atomic E-state index is 12.0. The van der Waals surface area contributed by atoms with Gasteiger partial charge in [0.05, 0.1) is 13.0 Å². The number of benzene rings is 1. The number of rotatable bonds is 8. The second kappa shape index (κ2) is 9.58. The third-order valence-electron chi connectivity index (χ3n) is 2.70. The van der Waals surface area contributed by atoms with Crippen molar-refractivity contribution in [2.75, 3.05) is 19.7 Å². The quantitative estimate of drug-likeness (QED) is 0.546. The fourth-order valence-electron chi connectivity index (χ4n) is 1.68. The molecule has 0 atom stereocenters. The van der Waals surface area contributed by atoms with Crippen LogP contribution in [0, 0.1) is 0 Å². The lowest BCUT2D eigenvalue weighted by atomic mass is 10.2. The van der Waals surface area contributed by atoms with E-state index in [0.717, 1.165) is 5.56 Å². The summed E-state index contributed by atoms with van der Waals surface area (Å²) in [4.78, 5) is 24.7. The highest BCUT2D eigenvalue weighted by atomic mass is 16.6. The molecule has 114 valence electrons. The molecule has 0 aliphatic heterocycles. The highest BCUT2D eigenvalue weighted by molar-refractivity contribution is 5.72. The standard InChI is InChI=1S/C16H21NO4/c1-3-11-17(12-10-15(18)20-4-2)16(19)21-13-14-8-6-5-7-9-14/h3,5-9H,1,4,10-13H2,2H3. The number of amides is 1. The van der Waals surface area contributed by atoms with Crippen LogP contribution >= 0.6 is 0 Å². The zero-order valence-corrected chi connectivity index (χ0v) is 12.3. The van der Waals surface area contributed by atoms with Gasteiger partial charge in [0, 0.05) is 13.1 Å². The van der Waals surface area contributed by atoms with E-state index in [1.165, 1.54) is 4.90 Å². The minimum absolute atomic E-state index is 0.141. The molecule has 0 aliphatic rings. The van der Waals surface area contributed by atoms with Gasteiger partial charge < -0.3 is 14.4 Å². The molecule has 5 nitrogen and oxygen atoms in total. The van der Waals surface area contributed by atoms with Crippen molar-refractivity contribution in [3.05, 3.63) is 48.6 Å². The van der Waals surface area contributed by atoms with Crippen molar-refractivity contribution in [2.24, 2.45) is 0 Å². The molecule has 5 heteroatoms. The summed E-state index contributed by atoms with van der Waals surface area (Å²) >= 11 is 0. The minimum atomic E-state index is -0.469. The van der Waals surface area contributed by atoms with Crippen molar-refractivity contribution in [3.63, 3.8) is 0 Å². The molecule has 21 heavy (non-hydrogen) atoms. The monoisotopic (exact) mass is 291 g/mol. The van der Waals surface area contributed by atoms with Gasteiger partial charge in [-0.25, -0.2) is 4.79 Å². The van der Waals surface area contributed by atoms with Crippen molar-refractivity contribution in [3.8, 4) is 0 Å². The molecular weight excluding hydrogens is 270 g/mol. The Balaban J connectivity index is 2.45. The van der Waals surface area contributed by atoms with Crippen LogP contribution in [0.4, 0.5) is 4.79 Å². The van der Waals surface area contributed by atoms with E-state index in [1.54, 1.807) is 13.0 Å². The topological polar surface area (TPSA) is 55.8 Å². The van der Waals surface area contributed by atoms with Crippen molar-refractivity contribution in [1.82, 2.24) is 4.90 Å². The molecule has 0 saturated carbocycles. The van der Waals surface area contributed by atoms with E-state index >= 15 is 0 Å². The molecule has 0 radical (unpaired) electrons. The zero-order chi connectivity index (χ0) is 15.5. The number of esters is 1. The van der Waals surface area contributed by atoms with E-state index < -0.39 is 6.09 Å². The van der Waals surface area contributed by atoms with Crippen LogP contribution in [-0.2, 0) is 20.9 Å². The lowest BCUT2D eigenvalue weighted by molar-refractivity contribution is -0.143. The fourth-order valence-corrected chi connectivity index (χ4v) is 1.68. The fraction of sp³-hybridized carbons (Fsp3) is 0.375. The Labute approximate surface area is 125 Å². The van der Waals surface area contributed by atoms with E-state index in [2.05, 4.69) is 6.58 Å². The van der Waals surface area contributed by atoms with Crippen LogP contribution in [0.15, 0.2) is 43.0 Å². The van der Waals surface area contributed by atoms with E-state index in [9.17, 15) is 9.59 Å². The number of hydrogen-bond acceptors (Lipinski definition) is 4. The van der Waals surface area contributed by atoms with Crippen LogP contribution in [0.25, 0.3) is 0 Å². The Morgan fingerprint density at radius 3 is 2.57 bits per heavy atom. The van der Waals surface area contributed by atoms with E-state index in [0.29, 0.717) is 13.2 Å². The first-order chi connectivity index (χ1) is 10.2. The van der Waals surface area contributed by atoms with Crippen LogP contribution in [-0.4, -0.2) is 36.7 Å². The minimum Gasteiger partial charge on any atom is -0.466 e. The van der Waals surface area contributed by atoms with Gasteiger partial charge in [-0.3, -0.25) is 4.79 Å². The number of nitrogens with zero attached hydrogens (tertiary/aromatic N) is 1. The van der Waals surface area contributed by atoms with Crippen LogP contribution in [0.5, 0.6) is 0 Å². The molecule has 0 aromatic heterocycles. The Morgan fingerprint density at radius 1 is 1.24 bits per heavy atom. The Morgan fingerprint density at radius 2 is 1.95 bits per heavy atom. The summed E-state index contributed by atoms with van der Waals surface area (Å²) in [5.41, 5.74) is 0.912. The molecule has 0 aliphatic carbocycles. The lowest BCUT2D eigenvalue weighted by Gasteiger charge is -2.20. The van der Waals surface area contributed by atoms with Gasteiger partial charge >= 0.3 is 12.1 Å². The first kappa shape index (κ1) is 16.8. The molecule has 1 rings (SSSR count). The van der Waals surface area contributed by atoms with Gasteiger partial charge in [-0.2, -0.15) is 0 Å². The number of carbonyl (C=O) groups is 2. The molecule has 0 spiro atoms. The lowest BCUT2D eigenvalue weighted by Crippen LogP contribution is -2.33. The van der Waals surface area contributed by atoms with Crippen LogP contribution in [0.1, 0.15) is 18.9 Å². The second-order valence-electron chi connectivity index (χ2n) is 4.33. The zero-order valence-electron chi connectivity index (χ0n) is 12.3. The predicted octanol–water partition coefficient (Wildman–Crippen LogP) is 2.76. The number of ether oxygens (including phenoxy) is 2. The molecule has 0 fully saturated rings. The summed E-state index contributed by atoms with van der Waals surface area (Å²) in [5, 5.41) is 0. The molecular formula is C16H21NO4. The Bertz CT molecular complexity index is 459. The van der Waals surface area contributed by atoms with Gasteiger partial charge in [-0.1, -0.05) is 36.4 Å². The molecule has 0 unspecified atom stereocenters. The average Bonchev–Trinajstić information content (AvgIpc) is 2.50. The molecule has 0 saturated heterocycles. The Kier molecular flexibility index (Phi) is 7.64. The summed E-state index contributed by atoms with van der Waals surface area (Å²) in [6.45, 7) is 6.45. The van der Waals surface area contributed by atoms with Crippen LogP contribution in [0.2, 0.25) is 0 Å². The SMILES string of the molecule is C=CCN(CCC(=O)OCC)C(=O)OCc1ccccc1. The molecule has 0 heterocycles. The summed E-state index contributed by atoms with van der Waals surface area (Å²) in [5.74, 6) is -0.331. The van der Waals surface area contributed by atoms with Crippen LogP contribution < -0.4 is 0 Å². The van der Waals surface area contributed by atoms with Crippen molar-refractivity contribution in [2.45, 2.75) is 20.0 Å². The smallest absolute Gasteiger partial charge is 0.410 e. The molecule has 1 aromatic rings. The third kappa shape index (κ3) is 6.61. The van der Waals surface area contributed by atoms with Gasteiger partial charge in [0.2, 0.25) is 0 Å². The Hall–Kier alpha value is -2.30. The summed E-state index contributed by atoms with van der Waals surface area (Å²) < 4.78 is 10.1. The first-order valence-electron chi connectivity index (χ1n) is 6.89. The highest BCUT2D eigenvalue weighted by Gasteiger charge is 2.15. The van der Waals surface area contributed by atoms with E-state index in [1.807, 2.05) is 30.3 Å². The van der Waals surface area contributed by atoms with Gasteiger partial charge in [-0.05, 0) is 12.5 Å². The van der Waals surface area contributed by atoms with Crippen molar-refractivity contribution >= 4 is 12.1 Å². The summed E-state index contributed by atoms with van der Waals surface area (Å²) in [7, 11) is 0. The number of hydrogen-bond donors (Lipinski definition) is 0. The van der Waals surface area contributed by atoms with Crippen LogP contribution in [0.3, 0.4) is 0 Å². The van der Waals surface area contributed by atoms with Crippen molar-refractivity contribution < 1.29 is 19.1 Å². The highest BCUT2D eigenvalue weighted by Crippen LogP contribution is 2.04. The maximum absolute atomic E-state index is 12.0. The first-order valence-corrected chi connectivity index (χ1v) is 6.89.